The summed E-state index contributed by atoms with van der Waals surface area (Å²) in [5.74, 6) is 0. The standard InChI is InChI=1S/C14H14ClNO3S2/c1-20-12-5-3-11(4-6-12)16-21(18,19)13-7-2-10(9-17)14(15)8-13/h2-8,16-17H,9H2,1H3. The topological polar surface area (TPSA) is 66.4 Å². The number of halogens is 1. The van der Waals surface area contributed by atoms with Crippen LogP contribution in [0.1, 0.15) is 5.56 Å². The van der Waals surface area contributed by atoms with E-state index >= 15 is 0 Å². The molecule has 0 aliphatic carbocycles. The van der Waals surface area contributed by atoms with Crippen LogP contribution in [0, 0.1) is 0 Å². The highest BCUT2D eigenvalue weighted by Crippen LogP contribution is 2.24. The molecule has 0 unspecified atom stereocenters. The van der Waals surface area contributed by atoms with E-state index in [1.165, 1.54) is 18.2 Å². The van der Waals surface area contributed by atoms with Gasteiger partial charge in [-0.2, -0.15) is 0 Å². The van der Waals surface area contributed by atoms with Crippen LogP contribution in [0.25, 0.3) is 0 Å². The predicted molar refractivity (Wildman–Crippen MR) is 86.4 cm³/mol. The average molecular weight is 344 g/mol. The van der Waals surface area contributed by atoms with E-state index in [0.717, 1.165) is 4.90 Å². The Bertz CT molecular complexity index is 730. The van der Waals surface area contributed by atoms with Gasteiger partial charge in [-0.1, -0.05) is 17.7 Å². The number of sulfonamides is 1. The molecule has 0 aliphatic rings. The van der Waals surface area contributed by atoms with Gasteiger partial charge in [-0.15, -0.1) is 11.8 Å². The van der Waals surface area contributed by atoms with Gasteiger partial charge in [0.1, 0.15) is 0 Å². The molecule has 0 aliphatic heterocycles. The Labute approximate surface area is 133 Å². The zero-order valence-corrected chi connectivity index (χ0v) is 13.6. The fraction of sp³-hybridized carbons (Fsp3) is 0.143. The van der Waals surface area contributed by atoms with Gasteiger partial charge in [0.25, 0.3) is 10.0 Å². The molecule has 0 amide bonds. The molecule has 7 heteroatoms. The molecule has 2 aromatic rings. The first-order chi connectivity index (χ1) is 9.96. The van der Waals surface area contributed by atoms with Crippen LogP contribution in [-0.2, 0) is 16.6 Å². The SMILES string of the molecule is CSc1ccc(NS(=O)(=O)c2ccc(CO)c(Cl)c2)cc1. The van der Waals surface area contributed by atoms with Gasteiger partial charge >= 0.3 is 0 Å². The summed E-state index contributed by atoms with van der Waals surface area (Å²) in [5, 5.41) is 9.27. The van der Waals surface area contributed by atoms with Crippen molar-refractivity contribution in [2.45, 2.75) is 16.4 Å². The van der Waals surface area contributed by atoms with E-state index < -0.39 is 10.0 Å². The molecule has 0 spiro atoms. The summed E-state index contributed by atoms with van der Waals surface area (Å²) in [7, 11) is -3.70. The van der Waals surface area contributed by atoms with Crippen LogP contribution in [0.2, 0.25) is 5.02 Å². The van der Waals surface area contributed by atoms with Crippen LogP contribution in [-0.4, -0.2) is 19.8 Å². The fourth-order valence-corrected chi connectivity index (χ4v) is 3.49. The molecule has 112 valence electrons. The molecule has 2 aromatic carbocycles. The van der Waals surface area contributed by atoms with Crippen LogP contribution in [0.5, 0.6) is 0 Å². The number of hydrogen-bond acceptors (Lipinski definition) is 4. The molecule has 0 aromatic heterocycles. The van der Waals surface area contributed by atoms with Gasteiger partial charge < -0.3 is 5.11 Å². The second-order valence-electron chi connectivity index (χ2n) is 4.25. The normalized spacial score (nSPS) is 11.4. The van der Waals surface area contributed by atoms with E-state index in [1.54, 1.807) is 23.9 Å². The third-order valence-corrected chi connectivity index (χ3v) is 5.32. The van der Waals surface area contributed by atoms with Crippen molar-refractivity contribution in [3.05, 3.63) is 53.1 Å². The Hall–Kier alpha value is -1.21. The van der Waals surface area contributed by atoms with Crippen molar-refractivity contribution in [2.24, 2.45) is 0 Å². The van der Waals surface area contributed by atoms with Crippen molar-refractivity contribution in [2.75, 3.05) is 11.0 Å². The zero-order chi connectivity index (χ0) is 15.5. The lowest BCUT2D eigenvalue weighted by molar-refractivity contribution is 0.282. The van der Waals surface area contributed by atoms with Gasteiger partial charge in [0.05, 0.1) is 11.5 Å². The summed E-state index contributed by atoms with van der Waals surface area (Å²) in [4.78, 5) is 1.10. The summed E-state index contributed by atoms with van der Waals surface area (Å²) in [5.41, 5.74) is 0.968. The molecule has 0 saturated carbocycles. The van der Waals surface area contributed by atoms with E-state index in [2.05, 4.69) is 4.72 Å². The smallest absolute Gasteiger partial charge is 0.261 e. The molecular weight excluding hydrogens is 330 g/mol. The van der Waals surface area contributed by atoms with Crippen molar-refractivity contribution < 1.29 is 13.5 Å². The molecule has 2 N–H and O–H groups in total. The highest BCUT2D eigenvalue weighted by molar-refractivity contribution is 7.98. The Morgan fingerprint density at radius 2 is 1.86 bits per heavy atom. The van der Waals surface area contributed by atoms with E-state index in [-0.39, 0.29) is 16.5 Å². The maximum Gasteiger partial charge on any atom is 0.261 e. The van der Waals surface area contributed by atoms with Gasteiger partial charge in [-0.05, 0) is 48.2 Å². The highest BCUT2D eigenvalue weighted by Gasteiger charge is 2.15. The summed E-state index contributed by atoms with van der Waals surface area (Å²) < 4.78 is 27.0. The number of rotatable bonds is 5. The van der Waals surface area contributed by atoms with Crippen LogP contribution >= 0.6 is 23.4 Å². The average Bonchev–Trinajstić information content (AvgIpc) is 2.47. The number of aliphatic hydroxyl groups excluding tert-OH is 1. The van der Waals surface area contributed by atoms with Crippen LogP contribution in [0.15, 0.2) is 52.3 Å². The van der Waals surface area contributed by atoms with E-state index in [9.17, 15) is 8.42 Å². The van der Waals surface area contributed by atoms with Crippen molar-refractivity contribution in [1.82, 2.24) is 0 Å². The lowest BCUT2D eigenvalue weighted by Crippen LogP contribution is -2.13. The molecule has 0 fully saturated rings. The maximum atomic E-state index is 12.3. The van der Waals surface area contributed by atoms with Crippen molar-refractivity contribution >= 4 is 39.1 Å². The van der Waals surface area contributed by atoms with Crippen molar-refractivity contribution in [1.29, 1.82) is 0 Å². The Morgan fingerprint density at radius 3 is 2.38 bits per heavy atom. The van der Waals surface area contributed by atoms with Crippen LogP contribution < -0.4 is 4.72 Å². The quantitative estimate of drug-likeness (QED) is 0.817. The largest absolute Gasteiger partial charge is 0.392 e. The minimum absolute atomic E-state index is 0.0543. The van der Waals surface area contributed by atoms with Gasteiger partial charge in [0.15, 0.2) is 0 Å². The third-order valence-electron chi connectivity index (χ3n) is 2.85. The molecule has 2 rings (SSSR count). The first kappa shape index (κ1) is 16.2. The predicted octanol–water partition coefficient (Wildman–Crippen LogP) is 3.36. The second-order valence-corrected chi connectivity index (χ2v) is 7.21. The van der Waals surface area contributed by atoms with E-state index in [1.807, 2.05) is 18.4 Å². The van der Waals surface area contributed by atoms with Gasteiger partial charge in [-0.3, -0.25) is 4.72 Å². The minimum Gasteiger partial charge on any atom is -0.392 e. The van der Waals surface area contributed by atoms with Gasteiger partial charge in [0, 0.05) is 15.6 Å². The lowest BCUT2D eigenvalue weighted by Gasteiger charge is -2.10. The number of thioether (sulfide) groups is 1. The van der Waals surface area contributed by atoms with Gasteiger partial charge in [-0.25, -0.2) is 8.42 Å². The minimum atomic E-state index is -3.70. The molecule has 4 nitrogen and oxygen atoms in total. The molecule has 0 atom stereocenters. The molecule has 21 heavy (non-hydrogen) atoms. The molecule has 0 heterocycles. The van der Waals surface area contributed by atoms with Crippen LogP contribution in [0.4, 0.5) is 5.69 Å². The number of anilines is 1. The highest BCUT2D eigenvalue weighted by atomic mass is 35.5. The summed E-state index contributed by atoms with van der Waals surface area (Å²) >= 11 is 7.50. The summed E-state index contributed by atoms with van der Waals surface area (Å²) in [6.45, 7) is -0.233. The lowest BCUT2D eigenvalue weighted by atomic mass is 10.2. The molecule has 0 bridgehead atoms. The van der Waals surface area contributed by atoms with Crippen LogP contribution in [0.3, 0.4) is 0 Å². The fourth-order valence-electron chi connectivity index (χ4n) is 1.70. The monoisotopic (exact) mass is 343 g/mol. The first-order valence-corrected chi connectivity index (χ1v) is 9.11. The Balaban J connectivity index is 2.26. The zero-order valence-electron chi connectivity index (χ0n) is 11.2. The Morgan fingerprint density at radius 1 is 1.19 bits per heavy atom. The number of aliphatic hydroxyl groups is 1. The van der Waals surface area contributed by atoms with Crippen molar-refractivity contribution in [3.63, 3.8) is 0 Å². The summed E-state index contributed by atoms with van der Waals surface area (Å²) in [6, 6.07) is 11.3. The molecule has 0 radical (unpaired) electrons. The summed E-state index contributed by atoms with van der Waals surface area (Å²) in [6.07, 6.45) is 1.95. The third kappa shape index (κ3) is 3.91. The van der Waals surface area contributed by atoms with E-state index in [0.29, 0.717) is 11.3 Å². The maximum absolute atomic E-state index is 12.3. The number of nitrogens with one attached hydrogen (secondary N) is 1. The van der Waals surface area contributed by atoms with Crippen molar-refractivity contribution in [3.8, 4) is 0 Å². The number of benzene rings is 2. The molecular formula is C14H14ClNO3S2. The van der Waals surface area contributed by atoms with E-state index in [4.69, 9.17) is 16.7 Å². The first-order valence-electron chi connectivity index (χ1n) is 6.02. The second kappa shape index (κ2) is 6.70. The number of hydrogen-bond donors (Lipinski definition) is 2. The van der Waals surface area contributed by atoms with Gasteiger partial charge in [0.2, 0.25) is 0 Å². The molecule has 0 saturated heterocycles. The Kier molecular flexibility index (Phi) is 5.16.